The molecule has 1 amide bonds. The third-order valence-electron chi connectivity index (χ3n) is 3.59. The van der Waals surface area contributed by atoms with Crippen molar-refractivity contribution >= 4 is 6.09 Å². The summed E-state index contributed by atoms with van der Waals surface area (Å²) in [5.41, 5.74) is -0.486. The van der Waals surface area contributed by atoms with Crippen LogP contribution in [-0.4, -0.2) is 40.5 Å². The highest BCUT2D eigenvalue weighted by molar-refractivity contribution is 5.68. The number of β-amino-alcohol motifs (C(OH)–C–C–N with tert-alkyl or cyclic N) is 1. The van der Waals surface area contributed by atoms with Crippen molar-refractivity contribution in [3.8, 4) is 0 Å². The van der Waals surface area contributed by atoms with Gasteiger partial charge >= 0.3 is 6.09 Å². The molecule has 1 aromatic rings. The summed E-state index contributed by atoms with van der Waals surface area (Å²) >= 11 is 0. The van der Waals surface area contributed by atoms with Gasteiger partial charge in [0, 0.05) is 13.1 Å². The van der Waals surface area contributed by atoms with E-state index in [0.29, 0.717) is 19.5 Å². The van der Waals surface area contributed by atoms with Crippen LogP contribution in [0.15, 0.2) is 30.3 Å². The fourth-order valence-electron chi connectivity index (χ4n) is 2.53. The van der Waals surface area contributed by atoms with Crippen molar-refractivity contribution in [2.75, 3.05) is 13.1 Å². The minimum atomic E-state index is -1.06. The van der Waals surface area contributed by atoms with Crippen molar-refractivity contribution in [3.63, 3.8) is 0 Å². The van der Waals surface area contributed by atoms with E-state index < -0.39 is 11.3 Å². The third kappa shape index (κ3) is 5.00. The van der Waals surface area contributed by atoms with Crippen molar-refractivity contribution in [1.82, 2.24) is 10.2 Å². The molecule has 1 fully saturated rings. The smallest absolute Gasteiger partial charge is 0.410 e. The van der Waals surface area contributed by atoms with Crippen molar-refractivity contribution in [3.05, 3.63) is 35.9 Å². The maximum absolute atomic E-state index is 12.1. The van der Waals surface area contributed by atoms with Crippen LogP contribution in [0.25, 0.3) is 0 Å². The predicted molar refractivity (Wildman–Crippen MR) is 85.3 cm³/mol. The zero-order valence-corrected chi connectivity index (χ0v) is 13.6. The van der Waals surface area contributed by atoms with Gasteiger partial charge in [0.15, 0.2) is 0 Å². The van der Waals surface area contributed by atoms with Gasteiger partial charge in [-0.15, -0.1) is 0 Å². The summed E-state index contributed by atoms with van der Waals surface area (Å²) in [4.78, 5) is 13.7. The molecule has 0 bridgehead atoms. The van der Waals surface area contributed by atoms with E-state index in [2.05, 4.69) is 5.32 Å². The predicted octanol–water partition coefficient (Wildman–Crippen LogP) is 2.50. The van der Waals surface area contributed by atoms with E-state index in [4.69, 9.17) is 4.74 Å². The summed E-state index contributed by atoms with van der Waals surface area (Å²) in [7, 11) is 0. The zero-order chi connectivity index (χ0) is 16.2. The minimum Gasteiger partial charge on any atom is -0.444 e. The highest BCUT2D eigenvalue weighted by Gasteiger charge is 2.36. The molecule has 1 heterocycles. The molecule has 5 heteroatoms. The summed E-state index contributed by atoms with van der Waals surface area (Å²) in [6, 6.07) is 9.91. The van der Waals surface area contributed by atoms with Crippen molar-refractivity contribution in [2.24, 2.45) is 0 Å². The van der Waals surface area contributed by atoms with Crippen LogP contribution in [0, 0.1) is 0 Å². The van der Waals surface area contributed by atoms with E-state index in [9.17, 15) is 9.90 Å². The van der Waals surface area contributed by atoms with E-state index in [1.54, 1.807) is 4.90 Å². The average molecular weight is 306 g/mol. The number of amides is 1. The lowest BCUT2D eigenvalue weighted by Gasteiger charge is -2.40. The monoisotopic (exact) mass is 306 g/mol. The summed E-state index contributed by atoms with van der Waals surface area (Å²) in [6.45, 7) is 6.95. The number of benzene rings is 1. The first-order valence-corrected chi connectivity index (χ1v) is 7.77. The van der Waals surface area contributed by atoms with Gasteiger partial charge in [-0.3, -0.25) is 5.32 Å². The fourth-order valence-corrected chi connectivity index (χ4v) is 2.53. The van der Waals surface area contributed by atoms with Gasteiger partial charge in [0.1, 0.15) is 11.3 Å². The van der Waals surface area contributed by atoms with Gasteiger partial charge in [0.2, 0.25) is 0 Å². The molecule has 1 aliphatic heterocycles. The standard InChI is InChI=1S/C17H26N2O3/c1-16(2,3)22-15(20)19-11-7-10-17(21,13-19)18-12-14-8-5-4-6-9-14/h4-6,8-9,18,21H,7,10-13H2,1-3H3. The van der Waals surface area contributed by atoms with E-state index in [1.807, 2.05) is 51.1 Å². The Labute approximate surface area is 132 Å². The van der Waals surface area contributed by atoms with Crippen LogP contribution in [0.1, 0.15) is 39.2 Å². The van der Waals surface area contributed by atoms with Crippen LogP contribution in [0.2, 0.25) is 0 Å². The molecule has 1 atom stereocenters. The molecule has 0 aromatic heterocycles. The first-order chi connectivity index (χ1) is 10.3. The number of carbonyl (C=O) groups excluding carboxylic acids is 1. The molecular weight excluding hydrogens is 280 g/mol. The van der Waals surface area contributed by atoms with Crippen LogP contribution in [0.5, 0.6) is 0 Å². The van der Waals surface area contributed by atoms with Crippen LogP contribution in [0.3, 0.4) is 0 Å². The van der Waals surface area contributed by atoms with Crippen molar-refractivity contribution in [1.29, 1.82) is 0 Å². The minimum absolute atomic E-state index is 0.245. The molecule has 2 N–H and O–H groups in total. The lowest BCUT2D eigenvalue weighted by molar-refractivity contribution is -0.0641. The second-order valence-electron chi connectivity index (χ2n) is 6.88. The molecule has 0 saturated carbocycles. The van der Waals surface area contributed by atoms with Crippen molar-refractivity contribution in [2.45, 2.75) is 51.5 Å². The number of rotatable bonds is 3. The maximum Gasteiger partial charge on any atom is 0.410 e. The molecule has 1 unspecified atom stereocenters. The van der Waals surface area contributed by atoms with Gasteiger partial charge in [-0.05, 0) is 39.2 Å². The van der Waals surface area contributed by atoms with Crippen LogP contribution < -0.4 is 5.32 Å². The Bertz CT molecular complexity index is 498. The van der Waals surface area contributed by atoms with E-state index >= 15 is 0 Å². The van der Waals surface area contributed by atoms with E-state index in [1.165, 1.54) is 0 Å². The van der Waals surface area contributed by atoms with Gasteiger partial charge in [-0.25, -0.2) is 4.79 Å². The van der Waals surface area contributed by atoms with Gasteiger partial charge in [0.25, 0.3) is 0 Å². The second-order valence-corrected chi connectivity index (χ2v) is 6.88. The van der Waals surface area contributed by atoms with E-state index in [-0.39, 0.29) is 12.6 Å². The third-order valence-corrected chi connectivity index (χ3v) is 3.59. The van der Waals surface area contributed by atoms with Gasteiger partial charge < -0.3 is 14.7 Å². The van der Waals surface area contributed by atoms with Gasteiger partial charge in [0.05, 0.1) is 6.54 Å². The highest BCUT2D eigenvalue weighted by atomic mass is 16.6. The number of nitrogens with one attached hydrogen (secondary N) is 1. The molecule has 122 valence electrons. The van der Waals surface area contributed by atoms with Crippen LogP contribution >= 0.6 is 0 Å². The topological polar surface area (TPSA) is 61.8 Å². The quantitative estimate of drug-likeness (QED) is 0.842. The first kappa shape index (κ1) is 16.8. The lowest BCUT2D eigenvalue weighted by Crippen LogP contribution is -2.58. The van der Waals surface area contributed by atoms with Crippen LogP contribution in [0.4, 0.5) is 4.79 Å². The Morgan fingerprint density at radius 1 is 1.36 bits per heavy atom. The Balaban J connectivity index is 1.92. The number of piperidine rings is 1. The summed E-state index contributed by atoms with van der Waals surface area (Å²) in [5.74, 6) is 0. The van der Waals surface area contributed by atoms with Gasteiger partial charge in [-0.2, -0.15) is 0 Å². The first-order valence-electron chi connectivity index (χ1n) is 7.77. The largest absolute Gasteiger partial charge is 0.444 e. The molecule has 1 saturated heterocycles. The Hall–Kier alpha value is -1.59. The highest BCUT2D eigenvalue weighted by Crippen LogP contribution is 2.21. The summed E-state index contributed by atoms with van der Waals surface area (Å²) < 4.78 is 5.38. The average Bonchev–Trinajstić information content (AvgIpc) is 2.45. The SMILES string of the molecule is CC(C)(C)OC(=O)N1CCCC(O)(NCc2ccccc2)C1. The number of likely N-dealkylation sites (tertiary alicyclic amines) is 1. The molecule has 1 aromatic carbocycles. The molecule has 0 aliphatic carbocycles. The number of hydrogen-bond acceptors (Lipinski definition) is 4. The van der Waals surface area contributed by atoms with Gasteiger partial charge in [-0.1, -0.05) is 30.3 Å². The Morgan fingerprint density at radius 2 is 2.05 bits per heavy atom. The molecule has 2 rings (SSSR count). The summed E-state index contributed by atoms with van der Waals surface area (Å²) in [5, 5.41) is 13.9. The molecule has 1 aliphatic rings. The van der Waals surface area contributed by atoms with Crippen molar-refractivity contribution < 1.29 is 14.6 Å². The number of ether oxygens (including phenoxy) is 1. The fraction of sp³-hybridized carbons (Fsp3) is 0.588. The Morgan fingerprint density at radius 3 is 2.68 bits per heavy atom. The lowest BCUT2D eigenvalue weighted by atomic mass is 10.0. The number of aliphatic hydroxyl groups is 1. The number of hydrogen-bond donors (Lipinski definition) is 2. The summed E-state index contributed by atoms with van der Waals surface area (Å²) in [6.07, 6.45) is 1.00. The molecular formula is C17H26N2O3. The second kappa shape index (κ2) is 6.67. The number of nitrogens with zero attached hydrogens (tertiary/aromatic N) is 1. The zero-order valence-electron chi connectivity index (χ0n) is 13.6. The maximum atomic E-state index is 12.1. The molecule has 0 radical (unpaired) electrons. The van der Waals surface area contributed by atoms with E-state index in [0.717, 1.165) is 12.0 Å². The number of carbonyl (C=O) groups is 1. The molecule has 5 nitrogen and oxygen atoms in total. The normalized spacial score (nSPS) is 22.5. The molecule has 0 spiro atoms. The van der Waals surface area contributed by atoms with Crippen LogP contribution in [-0.2, 0) is 11.3 Å². The Kier molecular flexibility index (Phi) is 5.08. The molecule has 22 heavy (non-hydrogen) atoms.